The molecule has 20 heavy (non-hydrogen) atoms. The Balaban J connectivity index is 2.44. The molecule has 0 radical (unpaired) electrons. The lowest BCUT2D eigenvalue weighted by Gasteiger charge is -2.40. The molecule has 2 rings (SSSR count). The second kappa shape index (κ2) is 5.93. The van der Waals surface area contributed by atoms with E-state index in [-0.39, 0.29) is 4.90 Å². The van der Waals surface area contributed by atoms with Crippen molar-refractivity contribution in [3.05, 3.63) is 28.2 Å². The van der Waals surface area contributed by atoms with E-state index >= 15 is 0 Å². The van der Waals surface area contributed by atoms with E-state index in [0.29, 0.717) is 30.1 Å². The van der Waals surface area contributed by atoms with Gasteiger partial charge < -0.3 is 4.74 Å². The van der Waals surface area contributed by atoms with Crippen LogP contribution in [-0.2, 0) is 20.6 Å². The Bertz CT molecular complexity index is 604. The van der Waals surface area contributed by atoms with Gasteiger partial charge in [0.2, 0.25) is 10.0 Å². The zero-order chi connectivity index (χ0) is 15.0. The molecule has 0 amide bonds. The average molecular weight is 383 g/mol. The molecular formula is C13H17BrClNO3S. The molecule has 0 unspecified atom stereocenters. The monoisotopic (exact) mass is 381 g/mol. The van der Waals surface area contributed by atoms with Gasteiger partial charge in [-0.05, 0) is 47.5 Å². The second-order valence-electron chi connectivity index (χ2n) is 5.34. The number of benzene rings is 1. The van der Waals surface area contributed by atoms with Gasteiger partial charge in [-0.2, -0.15) is 4.31 Å². The van der Waals surface area contributed by atoms with E-state index in [1.54, 1.807) is 18.2 Å². The number of ether oxygens (including phenoxy) is 1. The second-order valence-corrected chi connectivity index (χ2v) is 8.29. The standard InChI is InChI=1S/C13H17BrClNO3S/c1-13(2)9-19-6-5-16(13)20(17,18)12-4-3-10(8-15)7-11(12)14/h3-4,7H,5-6,8-9H2,1-2H3. The minimum Gasteiger partial charge on any atom is -0.378 e. The fourth-order valence-corrected chi connectivity index (χ4v) is 5.25. The maximum Gasteiger partial charge on any atom is 0.244 e. The van der Waals surface area contributed by atoms with Crippen LogP contribution in [-0.4, -0.2) is 38.0 Å². The summed E-state index contributed by atoms with van der Waals surface area (Å²) in [7, 11) is -3.56. The minimum atomic E-state index is -3.56. The normalized spacial score (nSPS) is 20.0. The van der Waals surface area contributed by atoms with Crippen LogP contribution in [0, 0.1) is 0 Å². The van der Waals surface area contributed by atoms with Crippen molar-refractivity contribution in [2.24, 2.45) is 0 Å². The average Bonchev–Trinajstić information content (AvgIpc) is 2.37. The van der Waals surface area contributed by atoms with Gasteiger partial charge in [0.05, 0.1) is 23.6 Å². The van der Waals surface area contributed by atoms with Gasteiger partial charge in [0, 0.05) is 16.9 Å². The Hall–Kier alpha value is -0.140. The zero-order valence-corrected chi connectivity index (χ0v) is 14.6. The van der Waals surface area contributed by atoms with E-state index < -0.39 is 15.6 Å². The van der Waals surface area contributed by atoms with Crippen molar-refractivity contribution in [3.63, 3.8) is 0 Å². The third-order valence-electron chi connectivity index (χ3n) is 3.29. The Kier molecular flexibility index (Phi) is 4.81. The Labute approximate surface area is 133 Å². The highest BCUT2D eigenvalue weighted by Crippen LogP contribution is 2.32. The van der Waals surface area contributed by atoms with Gasteiger partial charge in [-0.1, -0.05) is 6.07 Å². The van der Waals surface area contributed by atoms with Crippen molar-refractivity contribution in [2.75, 3.05) is 19.8 Å². The molecule has 4 nitrogen and oxygen atoms in total. The molecular weight excluding hydrogens is 366 g/mol. The highest BCUT2D eigenvalue weighted by Gasteiger charge is 2.40. The van der Waals surface area contributed by atoms with Crippen molar-refractivity contribution < 1.29 is 13.2 Å². The molecule has 1 saturated heterocycles. The van der Waals surface area contributed by atoms with E-state index in [9.17, 15) is 8.42 Å². The third-order valence-corrected chi connectivity index (χ3v) is 6.68. The molecule has 7 heteroatoms. The Morgan fingerprint density at radius 2 is 2.15 bits per heavy atom. The summed E-state index contributed by atoms with van der Waals surface area (Å²) in [6, 6.07) is 5.08. The number of morpholine rings is 1. The van der Waals surface area contributed by atoms with Crippen LogP contribution in [0.1, 0.15) is 19.4 Å². The predicted molar refractivity (Wildman–Crippen MR) is 82.5 cm³/mol. The summed E-state index contributed by atoms with van der Waals surface area (Å²) in [5, 5.41) is 0. The molecule has 0 atom stereocenters. The van der Waals surface area contributed by atoms with Crippen LogP contribution in [0.25, 0.3) is 0 Å². The SMILES string of the molecule is CC1(C)COCCN1S(=O)(=O)c1ccc(CCl)cc1Br. The number of hydrogen-bond donors (Lipinski definition) is 0. The van der Waals surface area contributed by atoms with Crippen molar-refractivity contribution >= 4 is 37.6 Å². The third kappa shape index (κ3) is 3.04. The quantitative estimate of drug-likeness (QED) is 0.755. The van der Waals surface area contributed by atoms with Crippen LogP contribution in [0.4, 0.5) is 0 Å². The molecule has 0 N–H and O–H groups in total. The van der Waals surface area contributed by atoms with E-state index in [0.717, 1.165) is 5.56 Å². The number of alkyl halides is 1. The van der Waals surface area contributed by atoms with Gasteiger partial charge in [-0.25, -0.2) is 8.42 Å². The molecule has 112 valence electrons. The first-order valence-corrected chi connectivity index (χ1v) is 9.01. The first-order chi connectivity index (χ1) is 9.29. The van der Waals surface area contributed by atoms with E-state index in [2.05, 4.69) is 15.9 Å². The van der Waals surface area contributed by atoms with E-state index in [1.807, 2.05) is 13.8 Å². The van der Waals surface area contributed by atoms with Crippen molar-refractivity contribution in [1.29, 1.82) is 0 Å². The molecule has 1 heterocycles. The lowest BCUT2D eigenvalue weighted by Crippen LogP contribution is -2.55. The van der Waals surface area contributed by atoms with Crippen LogP contribution < -0.4 is 0 Å². The maximum absolute atomic E-state index is 12.8. The summed E-state index contributed by atoms with van der Waals surface area (Å²) in [5.74, 6) is 0.349. The molecule has 1 aromatic carbocycles. The smallest absolute Gasteiger partial charge is 0.244 e. The maximum atomic E-state index is 12.8. The topological polar surface area (TPSA) is 46.6 Å². The number of halogens is 2. The van der Waals surface area contributed by atoms with E-state index in [1.165, 1.54) is 4.31 Å². The number of hydrogen-bond acceptors (Lipinski definition) is 3. The van der Waals surface area contributed by atoms with Gasteiger partial charge in [0.25, 0.3) is 0 Å². The molecule has 0 saturated carbocycles. The van der Waals surface area contributed by atoms with Gasteiger partial charge in [-0.3, -0.25) is 0 Å². The lowest BCUT2D eigenvalue weighted by molar-refractivity contribution is -0.00772. The van der Waals surface area contributed by atoms with Gasteiger partial charge in [0.1, 0.15) is 0 Å². The minimum absolute atomic E-state index is 0.265. The fraction of sp³-hybridized carbons (Fsp3) is 0.538. The van der Waals surface area contributed by atoms with Crippen molar-refractivity contribution in [1.82, 2.24) is 4.31 Å². The highest BCUT2D eigenvalue weighted by molar-refractivity contribution is 9.10. The van der Waals surface area contributed by atoms with Gasteiger partial charge in [-0.15, -0.1) is 11.6 Å². The molecule has 0 bridgehead atoms. The number of rotatable bonds is 3. The summed E-state index contributed by atoms with van der Waals surface area (Å²) in [6.45, 7) is 4.90. The summed E-state index contributed by atoms with van der Waals surface area (Å²) in [4.78, 5) is 0.265. The molecule has 0 spiro atoms. The predicted octanol–water partition coefficient (Wildman–Crippen LogP) is 2.99. The first kappa shape index (κ1) is 16.2. The Morgan fingerprint density at radius 3 is 2.70 bits per heavy atom. The summed E-state index contributed by atoms with van der Waals surface area (Å²) in [5.41, 5.74) is 0.320. The van der Waals surface area contributed by atoms with E-state index in [4.69, 9.17) is 16.3 Å². The first-order valence-electron chi connectivity index (χ1n) is 6.24. The molecule has 1 fully saturated rings. The Morgan fingerprint density at radius 1 is 1.45 bits per heavy atom. The van der Waals surface area contributed by atoms with Crippen LogP contribution in [0.5, 0.6) is 0 Å². The molecule has 1 aromatic rings. The summed E-state index contributed by atoms with van der Waals surface area (Å²) < 4.78 is 33.1. The molecule has 1 aliphatic rings. The highest BCUT2D eigenvalue weighted by atomic mass is 79.9. The van der Waals surface area contributed by atoms with Crippen LogP contribution >= 0.6 is 27.5 Å². The zero-order valence-electron chi connectivity index (χ0n) is 11.4. The number of sulfonamides is 1. The summed E-state index contributed by atoms with van der Waals surface area (Å²) in [6.07, 6.45) is 0. The largest absolute Gasteiger partial charge is 0.378 e. The van der Waals surface area contributed by atoms with Gasteiger partial charge >= 0.3 is 0 Å². The van der Waals surface area contributed by atoms with Crippen LogP contribution in [0.2, 0.25) is 0 Å². The molecule has 0 aliphatic carbocycles. The molecule has 0 aromatic heterocycles. The fourth-order valence-electron chi connectivity index (χ4n) is 2.24. The summed E-state index contributed by atoms with van der Waals surface area (Å²) >= 11 is 9.09. The van der Waals surface area contributed by atoms with Crippen molar-refractivity contribution in [2.45, 2.75) is 30.2 Å². The van der Waals surface area contributed by atoms with Crippen LogP contribution in [0.3, 0.4) is 0 Å². The lowest BCUT2D eigenvalue weighted by atomic mass is 10.1. The van der Waals surface area contributed by atoms with Crippen molar-refractivity contribution in [3.8, 4) is 0 Å². The molecule has 1 aliphatic heterocycles. The van der Waals surface area contributed by atoms with Crippen LogP contribution in [0.15, 0.2) is 27.6 Å². The van der Waals surface area contributed by atoms with Gasteiger partial charge in [0.15, 0.2) is 0 Å². The number of nitrogens with zero attached hydrogens (tertiary/aromatic N) is 1.